The van der Waals surface area contributed by atoms with Crippen molar-refractivity contribution in [1.29, 1.82) is 5.26 Å². The first-order valence-electron chi connectivity index (χ1n) is 8.72. The Bertz CT molecular complexity index is 915. The largest absolute Gasteiger partial charge is 0.491 e. The lowest BCUT2D eigenvalue weighted by atomic mass is 10.2. The van der Waals surface area contributed by atoms with Crippen LogP contribution in [0.3, 0.4) is 0 Å². The highest BCUT2D eigenvalue weighted by Gasteiger charge is 2.15. The van der Waals surface area contributed by atoms with Gasteiger partial charge in [0.15, 0.2) is 5.82 Å². The second kappa shape index (κ2) is 9.10. The molecule has 28 heavy (non-hydrogen) atoms. The summed E-state index contributed by atoms with van der Waals surface area (Å²) in [6.45, 7) is 0.854. The molecule has 0 aliphatic carbocycles. The Hall–Kier alpha value is -3.25. The van der Waals surface area contributed by atoms with E-state index < -0.39 is 6.03 Å². The van der Waals surface area contributed by atoms with Crippen LogP contribution in [0.5, 0.6) is 11.6 Å². The lowest BCUT2D eigenvalue weighted by Gasteiger charge is -2.15. The minimum atomic E-state index is -0.557. The first-order valence-corrected chi connectivity index (χ1v) is 9.10. The van der Waals surface area contributed by atoms with Gasteiger partial charge in [-0.2, -0.15) is 10.2 Å². The third-order valence-corrected chi connectivity index (χ3v) is 4.27. The zero-order chi connectivity index (χ0) is 19.9. The molecule has 2 aromatic rings. The first kappa shape index (κ1) is 19.5. The van der Waals surface area contributed by atoms with Gasteiger partial charge < -0.3 is 20.1 Å². The Morgan fingerprint density at radius 2 is 2.00 bits per heavy atom. The number of urea groups is 1. The third-order valence-electron chi connectivity index (χ3n) is 3.96. The molecule has 0 fully saturated rings. The van der Waals surface area contributed by atoms with Crippen molar-refractivity contribution in [2.45, 2.75) is 19.3 Å². The minimum absolute atomic E-state index is 0.0651. The summed E-state index contributed by atoms with van der Waals surface area (Å²) < 4.78 is 11.4. The van der Waals surface area contributed by atoms with E-state index in [4.69, 9.17) is 26.3 Å². The Morgan fingerprint density at radius 3 is 2.75 bits per heavy atom. The first-order chi connectivity index (χ1) is 13.6. The molecule has 2 heterocycles. The van der Waals surface area contributed by atoms with E-state index in [0.717, 1.165) is 19.3 Å². The molecule has 0 saturated heterocycles. The zero-order valence-electron chi connectivity index (χ0n) is 15.2. The number of hydrogen-bond donors (Lipinski definition) is 3. The molecule has 146 valence electrons. The van der Waals surface area contributed by atoms with Crippen LogP contribution in [-0.2, 0) is 0 Å². The summed E-state index contributed by atoms with van der Waals surface area (Å²) in [4.78, 5) is 20.5. The summed E-state index contributed by atoms with van der Waals surface area (Å²) >= 11 is 6.23. The molecule has 3 rings (SSSR count). The highest BCUT2D eigenvalue weighted by Crippen LogP contribution is 2.35. The maximum absolute atomic E-state index is 12.4. The standard InChI is InChI=1S/C18H19ClN6O3/c1-21-12-8-15-13(7-11(12)19)23-18(26)25-16-10-22-14(9-20)17(24-16)28-6-4-2-3-5-27-15/h7-8,10,21H,2-6H2,1H3,(H2,23,24,25,26). The minimum Gasteiger partial charge on any atom is -0.491 e. The Kier molecular flexibility index (Phi) is 6.34. The monoisotopic (exact) mass is 402 g/mol. The van der Waals surface area contributed by atoms with Crippen LogP contribution in [0.2, 0.25) is 5.02 Å². The number of ether oxygens (including phenoxy) is 2. The van der Waals surface area contributed by atoms with E-state index in [1.165, 1.54) is 6.20 Å². The number of carbonyl (C=O) groups is 1. The van der Waals surface area contributed by atoms with Crippen molar-refractivity contribution in [3.8, 4) is 17.7 Å². The molecular weight excluding hydrogens is 384 g/mol. The van der Waals surface area contributed by atoms with E-state index in [1.54, 1.807) is 19.2 Å². The lowest BCUT2D eigenvalue weighted by Crippen LogP contribution is -2.21. The molecule has 1 aliphatic heterocycles. The predicted molar refractivity (Wildman–Crippen MR) is 105 cm³/mol. The predicted octanol–water partition coefficient (Wildman–Crippen LogP) is 3.63. The molecule has 0 spiro atoms. The van der Waals surface area contributed by atoms with Crippen molar-refractivity contribution >= 4 is 34.8 Å². The summed E-state index contributed by atoms with van der Waals surface area (Å²) in [6, 6.07) is 4.71. The molecule has 9 nitrogen and oxygen atoms in total. The number of nitrogens with one attached hydrogen (secondary N) is 3. The highest BCUT2D eigenvalue weighted by atomic mass is 35.5. The molecule has 3 N–H and O–H groups in total. The van der Waals surface area contributed by atoms with Crippen molar-refractivity contribution in [3.05, 3.63) is 29.0 Å². The molecule has 0 radical (unpaired) electrons. The van der Waals surface area contributed by atoms with Gasteiger partial charge in [0, 0.05) is 13.1 Å². The molecule has 2 amide bonds. The van der Waals surface area contributed by atoms with Crippen molar-refractivity contribution in [3.63, 3.8) is 0 Å². The highest BCUT2D eigenvalue weighted by molar-refractivity contribution is 6.33. The van der Waals surface area contributed by atoms with E-state index >= 15 is 0 Å². The van der Waals surface area contributed by atoms with Gasteiger partial charge in [0.1, 0.15) is 11.8 Å². The van der Waals surface area contributed by atoms with Gasteiger partial charge in [-0.15, -0.1) is 0 Å². The van der Waals surface area contributed by atoms with Crippen LogP contribution >= 0.6 is 11.6 Å². The van der Waals surface area contributed by atoms with E-state index in [2.05, 4.69) is 25.9 Å². The normalized spacial score (nSPS) is 14.5. The fourth-order valence-corrected chi connectivity index (χ4v) is 2.83. The van der Waals surface area contributed by atoms with Crippen LogP contribution in [-0.4, -0.2) is 36.3 Å². The summed E-state index contributed by atoms with van der Waals surface area (Å²) in [7, 11) is 1.75. The van der Waals surface area contributed by atoms with Crippen LogP contribution in [0.4, 0.5) is 22.0 Å². The van der Waals surface area contributed by atoms with E-state index in [0.29, 0.717) is 35.4 Å². The molecular formula is C18H19ClN6O3. The number of fused-ring (bicyclic) bond motifs is 3. The van der Waals surface area contributed by atoms with Crippen LogP contribution in [0.25, 0.3) is 0 Å². The van der Waals surface area contributed by atoms with E-state index in [9.17, 15) is 4.79 Å². The molecule has 1 aromatic heterocycles. The second-order valence-electron chi connectivity index (χ2n) is 5.94. The Labute approximate surface area is 167 Å². The van der Waals surface area contributed by atoms with Gasteiger partial charge >= 0.3 is 6.03 Å². The summed E-state index contributed by atoms with van der Waals surface area (Å²) in [5, 5.41) is 17.8. The number of rotatable bonds is 1. The smallest absolute Gasteiger partial charge is 0.325 e. The number of anilines is 3. The third kappa shape index (κ3) is 4.72. The number of halogens is 1. The van der Waals surface area contributed by atoms with E-state index in [1.807, 2.05) is 6.07 Å². The SMILES string of the molecule is CNc1cc2c(cc1Cl)NC(=O)Nc1cnc(C#N)c(n1)OCCCCCO2. The van der Waals surface area contributed by atoms with Gasteiger partial charge in [-0.3, -0.25) is 5.32 Å². The molecule has 10 heteroatoms. The molecule has 1 aliphatic rings. The van der Waals surface area contributed by atoms with Crippen molar-refractivity contribution in [2.75, 3.05) is 36.2 Å². The average Bonchev–Trinajstić information content (AvgIpc) is 2.68. The molecule has 0 atom stereocenters. The van der Waals surface area contributed by atoms with Crippen LogP contribution in [0.1, 0.15) is 25.0 Å². The van der Waals surface area contributed by atoms with Gasteiger partial charge in [0.2, 0.25) is 5.69 Å². The molecule has 0 saturated carbocycles. The summed E-state index contributed by atoms with van der Waals surface area (Å²) in [5.41, 5.74) is 1.18. The fraction of sp³-hybridized carbons (Fsp3) is 0.333. The second-order valence-corrected chi connectivity index (χ2v) is 6.34. The number of aromatic nitrogens is 2. The van der Waals surface area contributed by atoms with Crippen LogP contribution in [0, 0.1) is 11.3 Å². The van der Waals surface area contributed by atoms with Crippen molar-refractivity contribution in [1.82, 2.24) is 9.97 Å². The lowest BCUT2D eigenvalue weighted by molar-refractivity contribution is 0.261. The number of nitriles is 1. The molecule has 1 aromatic carbocycles. The van der Waals surface area contributed by atoms with Crippen LogP contribution < -0.4 is 25.4 Å². The van der Waals surface area contributed by atoms with Crippen molar-refractivity contribution in [2.24, 2.45) is 0 Å². The van der Waals surface area contributed by atoms with Gasteiger partial charge in [-0.1, -0.05) is 11.6 Å². The number of carbonyl (C=O) groups excluding carboxylic acids is 1. The Balaban J connectivity index is 1.90. The van der Waals surface area contributed by atoms with Gasteiger partial charge in [0.25, 0.3) is 5.88 Å². The topological polar surface area (TPSA) is 121 Å². The molecule has 2 bridgehead atoms. The van der Waals surface area contributed by atoms with Crippen LogP contribution in [0.15, 0.2) is 18.3 Å². The summed E-state index contributed by atoms with van der Waals surface area (Å²) in [5.74, 6) is 0.747. The fourth-order valence-electron chi connectivity index (χ4n) is 2.57. The van der Waals surface area contributed by atoms with Crippen molar-refractivity contribution < 1.29 is 14.3 Å². The molecule has 0 unspecified atom stereocenters. The quantitative estimate of drug-likeness (QED) is 0.665. The number of benzene rings is 1. The maximum atomic E-state index is 12.4. The number of nitrogens with zero attached hydrogens (tertiary/aromatic N) is 3. The number of amides is 2. The average molecular weight is 403 g/mol. The zero-order valence-corrected chi connectivity index (χ0v) is 16.0. The van der Waals surface area contributed by atoms with E-state index in [-0.39, 0.29) is 17.4 Å². The maximum Gasteiger partial charge on any atom is 0.325 e. The summed E-state index contributed by atoms with van der Waals surface area (Å²) in [6.07, 6.45) is 3.71. The van der Waals surface area contributed by atoms with Gasteiger partial charge in [-0.25, -0.2) is 9.78 Å². The van der Waals surface area contributed by atoms with Gasteiger partial charge in [0.05, 0.1) is 35.8 Å². The number of hydrogen-bond acceptors (Lipinski definition) is 7. The Morgan fingerprint density at radius 1 is 1.21 bits per heavy atom. The van der Waals surface area contributed by atoms with Gasteiger partial charge in [-0.05, 0) is 25.3 Å².